The lowest BCUT2D eigenvalue weighted by atomic mass is 10.1. The SMILES string of the molecule is c1cc(-c2ccc(-c3ccc(-c4cccs4)s3)cn2)nc(-c2ccc(-c3ccc(-c4cccs4)s3)cn2)c1. The fourth-order valence-electron chi connectivity index (χ4n) is 4.19. The Morgan fingerprint density at radius 1 is 0.395 bits per heavy atom. The van der Waals surface area contributed by atoms with Gasteiger partial charge in [-0.25, -0.2) is 4.98 Å². The van der Waals surface area contributed by atoms with Crippen LogP contribution in [0.3, 0.4) is 0 Å². The van der Waals surface area contributed by atoms with Crippen LogP contribution in [0.2, 0.25) is 0 Å². The summed E-state index contributed by atoms with van der Waals surface area (Å²) in [5, 5.41) is 4.23. The van der Waals surface area contributed by atoms with Gasteiger partial charge in [0.15, 0.2) is 0 Å². The Hall–Kier alpha value is -3.75. The molecule has 0 aliphatic carbocycles. The highest BCUT2D eigenvalue weighted by Crippen LogP contribution is 2.38. The molecule has 7 aromatic heterocycles. The zero-order valence-corrected chi connectivity index (χ0v) is 23.2. The standard InChI is InChI=1S/C31H19N3S4/c1-4-24(22-10-8-20(18-32-22)26-12-14-30(37-26)28-6-2-16-35-28)34-25(5-1)23-11-9-21(19-33-23)27-13-15-31(38-27)29-7-3-17-36-29/h1-19H. The van der Waals surface area contributed by atoms with Crippen molar-refractivity contribution < 1.29 is 0 Å². The molecule has 0 saturated heterocycles. The van der Waals surface area contributed by atoms with E-state index in [9.17, 15) is 0 Å². The van der Waals surface area contributed by atoms with Crippen LogP contribution in [-0.4, -0.2) is 15.0 Å². The highest BCUT2D eigenvalue weighted by atomic mass is 32.1. The van der Waals surface area contributed by atoms with Crippen molar-refractivity contribution in [2.45, 2.75) is 0 Å². The van der Waals surface area contributed by atoms with E-state index in [4.69, 9.17) is 15.0 Å². The van der Waals surface area contributed by atoms with E-state index in [2.05, 4.69) is 71.4 Å². The van der Waals surface area contributed by atoms with Gasteiger partial charge in [-0.15, -0.1) is 45.3 Å². The molecule has 0 aliphatic rings. The van der Waals surface area contributed by atoms with Crippen molar-refractivity contribution in [2.75, 3.05) is 0 Å². The fraction of sp³-hybridized carbons (Fsp3) is 0. The first-order valence-electron chi connectivity index (χ1n) is 12.0. The van der Waals surface area contributed by atoms with Crippen molar-refractivity contribution in [3.63, 3.8) is 0 Å². The van der Waals surface area contributed by atoms with E-state index in [-0.39, 0.29) is 0 Å². The zero-order valence-electron chi connectivity index (χ0n) is 19.9. The van der Waals surface area contributed by atoms with Gasteiger partial charge in [-0.2, -0.15) is 0 Å². The largest absolute Gasteiger partial charge is 0.254 e. The van der Waals surface area contributed by atoms with Crippen LogP contribution in [0.15, 0.2) is 114 Å². The second-order valence-electron chi connectivity index (χ2n) is 8.55. The molecule has 0 radical (unpaired) electrons. The zero-order chi connectivity index (χ0) is 25.3. The molecule has 7 heterocycles. The normalized spacial score (nSPS) is 11.2. The van der Waals surface area contributed by atoms with E-state index in [1.165, 1.54) is 29.3 Å². The van der Waals surface area contributed by atoms with Gasteiger partial charge in [0.05, 0.1) is 22.8 Å². The van der Waals surface area contributed by atoms with Crippen LogP contribution in [0.25, 0.3) is 63.2 Å². The Balaban J connectivity index is 1.10. The summed E-state index contributed by atoms with van der Waals surface area (Å²) in [5.41, 5.74) is 5.61. The molecule has 0 aliphatic heterocycles. The van der Waals surface area contributed by atoms with Gasteiger partial charge >= 0.3 is 0 Å². The lowest BCUT2D eigenvalue weighted by molar-refractivity contribution is 1.22. The number of aromatic nitrogens is 3. The molecule has 182 valence electrons. The first-order chi connectivity index (χ1) is 18.8. The topological polar surface area (TPSA) is 38.7 Å². The summed E-state index contributed by atoms with van der Waals surface area (Å²) in [6, 6.07) is 31.6. The number of pyridine rings is 3. The van der Waals surface area contributed by atoms with Gasteiger partial charge < -0.3 is 0 Å². The second kappa shape index (κ2) is 10.2. The Bertz CT molecular complexity index is 1660. The Morgan fingerprint density at radius 3 is 1.32 bits per heavy atom. The van der Waals surface area contributed by atoms with E-state index >= 15 is 0 Å². The van der Waals surface area contributed by atoms with Gasteiger partial charge in [-0.3, -0.25) is 9.97 Å². The van der Waals surface area contributed by atoms with Gasteiger partial charge in [-0.05, 0) is 83.6 Å². The molecule has 7 aromatic rings. The average Bonchev–Trinajstić information content (AvgIpc) is 3.80. The number of rotatable bonds is 6. The molecule has 0 saturated carbocycles. The molecule has 0 aromatic carbocycles. The van der Waals surface area contributed by atoms with Crippen LogP contribution < -0.4 is 0 Å². The average molecular weight is 562 g/mol. The van der Waals surface area contributed by atoms with E-state index in [1.807, 2.05) is 42.7 Å². The number of hydrogen-bond donors (Lipinski definition) is 0. The fourth-order valence-corrected chi connectivity index (χ4v) is 7.85. The van der Waals surface area contributed by atoms with Crippen molar-refractivity contribution in [1.82, 2.24) is 15.0 Å². The van der Waals surface area contributed by atoms with Crippen LogP contribution in [0, 0.1) is 0 Å². The summed E-state index contributed by atoms with van der Waals surface area (Å²) >= 11 is 7.12. The van der Waals surface area contributed by atoms with Crippen molar-refractivity contribution in [3.05, 3.63) is 114 Å². The van der Waals surface area contributed by atoms with Crippen LogP contribution in [0.4, 0.5) is 0 Å². The Morgan fingerprint density at radius 2 is 0.895 bits per heavy atom. The molecule has 0 amide bonds. The molecule has 0 fully saturated rings. The number of nitrogens with zero attached hydrogens (tertiary/aromatic N) is 3. The lowest BCUT2D eigenvalue weighted by Crippen LogP contribution is -1.92. The predicted molar refractivity (Wildman–Crippen MR) is 164 cm³/mol. The molecule has 0 N–H and O–H groups in total. The van der Waals surface area contributed by atoms with Crippen molar-refractivity contribution in [3.8, 4) is 63.2 Å². The summed E-state index contributed by atoms with van der Waals surface area (Å²) in [6.45, 7) is 0. The third-order valence-corrected chi connectivity index (χ3v) is 10.5. The molecule has 7 rings (SSSR count). The highest BCUT2D eigenvalue weighted by molar-refractivity contribution is 7.23. The maximum absolute atomic E-state index is 4.88. The number of hydrogen-bond acceptors (Lipinski definition) is 7. The third kappa shape index (κ3) is 4.66. The molecule has 38 heavy (non-hydrogen) atoms. The van der Waals surface area contributed by atoms with Gasteiger partial charge in [0.25, 0.3) is 0 Å². The molecule has 0 bridgehead atoms. The first kappa shape index (κ1) is 23.4. The quantitative estimate of drug-likeness (QED) is 0.203. The summed E-state index contributed by atoms with van der Waals surface area (Å²) < 4.78 is 0. The van der Waals surface area contributed by atoms with Crippen molar-refractivity contribution in [1.29, 1.82) is 0 Å². The van der Waals surface area contributed by atoms with Crippen LogP contribution in [0.1, 0.15) is 0 Å². The summed E-state index contributed by atoms with van der Waals surface area (Å²) in [6.07, 6.45) is 3.87. The highest BCUT2D eigenvalue weighted by Gasteiger charge is 2.10. The van der Waals surface area contributed by atoms with Gasteiger partial charge in [0.2, 0.25) is 0 Å². The first-order valence-corrected chi connectivity index (χ1v) is 15.4. The Labute approximate surface area is 236 Å². The van der Waals surface area contributed by atoms with Gasteiger partial charge in [0.1, 0.15) is 0 Å². The smallest absolute Gasteiger partial charge is 0.0894 e. The molecule has 7 heteroatoms. The van der Waals surface area contributed by atoms with Gasteiger partial charge in [0, 0.05) is 52.8 Å². The molecule has 0 atom stereocenters. The van der Waals surface area contributed by atoms with E-state index in [0.717, 1.165) is 33.9 Å². The van der Waals surface area contributed by atoms with E-state index in [1.54, 1.807) is 45.3 Å². The van der Waals surface area contributed by atoms with Crippen LogP contribution >= 0.6 is 45.3 Å². The summed E-state index contributed by atoms with van der Waals surface area (Å²) in [5.74, 6) is 0. The van der Waals surface area contributed by atoms with Crippen molar-refractivity contribution >= 4 is 45.3 Å². The predicted octanol–water partition coefficient (Wildman–Crippen LogP) is 10.1. The maximum Gasteiger partial charge on any atom is 0.0894 e. The van der Waals surface area contributed by atoms with Crippen LogP contribution in [-0.2, 0) is 0 Å². The molecule has 0 spiro atoms. The summed E-state index contributed by atoms with van der Waals surface area (Å²) in [7, 11) is 0. The molecule has 0 unspecified atom stereocenters. The minimum absolute atomic E-state index is 0.837. The second-order valence-corrected chi connectivity index (χ2v) is 12.6. The van der Waals surface area contributed by atoms with E-state index < -0.39 is 0 Å². The molecular formula is C31H19N3S4. The minimum Gasteiger partial charge on any atom is -0.254 e. The van der Waals surface area contributed by atoms with Crippen LogP contribution in [0.5, 0.6) is 0 Å². The van der Waals surface area contributed by atoms with E-state index in [0.29, 0.717) is 0 Å². The number of thiophene rings is 4. The molecular weight excluding hydrogens is 543 g/mol. The monoisotopic (exact) mass is 561 g/mol. The Kier molecular flexibility index (Phi) is 6.27. The van der Waals surface area contributed by atoms with Crippen molar-refractivity contribution in [2.24, 2.45) is 0 Å². The molecule has 3 nitrogen and oxygen atoms in total. The van der Waals surface area contributed by atoms with Gasteiger partial charge in [-0.1, -0.05) is 18.2 Å². The third-order valence-electron chi connectivity index (χ3n) is 6.11. The maximum atomic E-state index is 4.88. The minimum atomic E-state index is 0.837. The lowest BCUT2D eigenvalue weighted by Gasteiger charge is -2.06. The summed E-state index contributed by atoms with van der Waals surface area (Å²) in [4.78, 5) is 22.0.